The van der Waals surface area contributed by atoms with Gasteiger partial charge in [-0.1, -0.05) is 12.5 Å². The molecule has 0 aromatic carbocycles. The van der Waals surface area contributed by atoms with Gasteiger partial charge in [-0.15, -0.1) is 24.0 Å². The SMILES string of the molecule is I.NC(=NCC1COC2(CCCCC2)O1)NCCc1ccccn1. The second-order valence-corrected chi connectivity index (χ2v) is 6.25. The summed E-state index contributed by atoms with van der Waals surface area (Å²) in [5.41, 5.74) is 6.95. The van der Waals surface area contributed by atoms with Crippen LogP contribution in [0.25, 0.3) is 0 Å². The Bertz CT molecular complexity index is 521. The molecule has 1 aromatic rings. The van der Waals surface area contributed by atoms with E-state index in [0.717, 1.165) is 31.5 Å². The van der Waals surface area contributed by atoms with E-state index in [2.05, 4.69) is 15.3 Å². The molecule has 6 nitrogen and oxygen atoms in total. The third kappa shape index (κ3) is 5.56. The lowest BCUT2D eigenvalue weighted by Crippen LogP contribution is -2.35. The monoisotopic (exact) mass is 446 g/mol. The number of nitrogens with two attached hydrogens (primary N) is 1. The minimum absolute atomic E-state index is 0. The molecule has 3 rings (SSSR count). The molecule has 24 heavy (non-hydrogen) atoms. The summed E-state index contributed by atoms with van der Waals surface area (Å²) < 4.78 is 12.0. The predicted octanol–water partition coefficient (Wildman–Crippen LogP) is 2.22. The molecule has 0 radical (unpaired) electrons. The Morgan fingerprint density at radius 2 is 2.17 bits per heavy atom. The number of nitrogens with one attached hydrogen (secondary N) is 1. The first-order chi connectivity index (χ1) is 11.3. The number of pyridine rings is 1. The van der Waals surface area contributed by atoms with Crippen LogP contribution in [-0.2, 0) is 15.9 Å². The van der Waals surface area contributed by atoms with Crippen LogP contribution in [0.15, 0.2) is 29.4 Å². The summed E-state index contributed by atoms with van der Waals surface area (Å²) in [5.74, 6) is 0.119. The standard InChI is InChI=1S/C17H26N4O2.HI/c18-16(20-11-7-14-6-2-5-10-19-14)21-12-15-13-22-17(23-15)8-3-1-4-9-17;/h2,5-6,10,15H,1,3-4,7-9,11-13H2,(H3,18,20,21);1H. The molecule has 1 atom stereocenters. The number of hydrogen-bond donors (Lipinski definition) is 2. The van der Waals surface area contributed by atoms with Crippen molar-refractivity contribution in [1.29, 1.82) is 0 Å². The first-order valence-corrected chi connectivity index (χ1v) is 8.51. The van der Waals surface area contributed by atoms with Crippen LogP contribution >= 0.6 is 24.0 Å². The van der Waals surface area contributed by atoms with Gasteiger partial charge in [0, 0.05) is 37.7 Å². The molecular formula is C17H27IN4O2. The minimum atomic E-state index is -0.334. The van der Waals surface area contributed by atoms with Gasteiger partial charge in [0.05, 0.1) is 13.2 Å². The number of guanidine groups is 1. The van der Waals surface area contributed by atoms with E-state index in [1.165, 1.54) is 19.3 Å². The highest BCUT2D eigenvalue weighted by atomic mass is 127. The van der Waals surface area contributed by atoms with Gasteiger partial charge in [0.25, 0.3) is 0 Å². The average molecular weight is 446 g/mol. The van der Waals surface area contributed by atoms with Crippen molar-refractivity contribution in [2.75, 3.05) is 19.7 Å². The molecule has 134 valence electrons. The van der Waals surface area contributed by atoms with E-state index in [0.29, 0.717) is 19.1 Å². The van der Waals surface area contributed by atoms with Gasteiger partial charge in [-0.05, 0) is 25.0 Å². The number of hydrogen-bond acceptors (Lipinski definition) is 4. The number of aromatic nitrogens is 1. The highest BCUT2D eigenvalue weighted by molar-refractivity contribution is 14.0. The lowest BCUT2D eigenvalue weighted by molar-refractivity contribution is -0.186. The molecule has 1 aliphatic heterocycles. The third-order valence-corrected chi connectivity index (χ3v) is 4.41. The first kappa shape index (κ1) is 19.4. The Kier molecular flexibility index (Phi) is 7.70. The molecule has 1 aliphatic carbocycles. The van der Waals surface area contributed by atoms with Gasteiger partial charge in [0.15, 0.2) is 11.7 Å². The molecule has 0 amide bonds. The van der Waals surface area contributed by atoms with E-state index in [1.807, 2.05) is 18.2 Å². The van der Waals surface area contributed by atoms with Crippen LogP contribution in [0.2, 0.25) is 0 Å². The van der Waals surface area contributed by atoms with Gasteiger partial charge in [-0.25, -0.2) is 0 Å². The zero-order valence-electron chi connectivity index (χ0n) is 13.9. The Morgan fingerprint density at radius 3 is 2.92 bits per heavy atom. The smallest absolute Gasteiger partial charge is 0.188 e. The van der Waals surface area contributed by atoms with Crippen LogP contribution in [-0.4, -0.2) is 42.5 Å². The molecule has 2 aliphatic rings. The fourth-order valence-electron chi connectivity index (χ4n) is 3.18. The topological polar surface area (TPSA) is 81.8 Å². The zero-order valence-corrected chi connectivity index (χ0v) is 16.3. The highest BCUT2D eigenvalue weighted by Crippen LogP contribution is 2.37. The third-order valence-electron chi connectivity index (χ3n) is 4.41. The molecule has 1 saturated heterocycles. The zero-order chi connectivity index (χ0) is 16.0. The fourth-order valence-corrected chi connectivity index (χ4v) is 3.18. The normalized spacial score (nSPS) is 23.0. The summed E-state index contributed by atoms with van der Waals surface area (Å²) >= 11 is 0. The molecule has 1 saturated carbocycles. The molecule has 1 aromatic heterocycles. The van der Waals surface area contributed by atoms with Gasteiger partial charge in [0.2, 0.25) is 0 Å². The van der Waals surface area contributed by atoms with Crippen LogP contribution in [0.1, 0.15) is 37.8 Å². The predicted molar refractivity (Wildman–Crippen MR) is 104 cm³/mol. The second-order valence-electron chi connectivity index (χ2n) is 6.25. The minimum Gasteiger partial charge on any atom is -0.370 e. The fraction of sp³-hybridized carbons (Fsp3) is 0.647. The average Bonchev–Trinajstić information content (AvgIpc) is 2.97. The summed E-state index contributed by atoms with van der Waals surface area (Å²) in [6, 6.07) is 5.90. The van der Waals surface area contributed by atoms with Crippen LogP contribution in [0, 0.1) is 0 Å². The molecule has 1 spiro atoms. The molecule has 3 N–H and O–H groups in total. The van der Waals surface area contributed by atoms with E-state index in [-0.39, 0.29) is 35.9 Å². The maximum Gasteiger partial charge on any atom is 0.188 e. The van der Waals surface area contributed by atoms with Crippen LogP contribution in [0.5, 0.6) is 0 Å². The van der Waals surface area contributed by atoms with Crippen molar-refractivity contribution in [3.05, 3.63) is 30.1 Å². The molecule has 1 unspecified atom stereocenters. The van der Waals surface area contributed by atoms with Gasteiger partial charge in [-0.2, -0.15) is 0 Å². The lowest BCUT2D eigenvalue weighted by atomic mass is 9.94. The molecule has 2 heterocycles. The van der Waals surface area contributed by atoms with Gasteiger partial charge in [0.1, 0.15) is 6.10 Å². The van der Waals surface area contributed by atoms with Crippen molar-refractivity contribution in [2.45, 2.75) is 50.4 Å². The number of rotatable bonds is 5. The summed E-state index contributed by atoms with van der Waals surface area (Å²) in [7, 11) is 0. The van der Waals surface area contributed by atoms with E-state index in [4.69, 9.17) is 15.2 Å². The number of halogens is 1. The van der Waals surface area contributed by atoms with E-state index >= 15 is 0 Å². The van der Waals surface area contributed by atoms with Crippen LogP contribution < -0.4 is 11.1 Å². The van der Waals surface area contributed by atoms with Gasteiger partial charge in [-0.3, -0.25) is 9.98 Å². The van der Waals surface area contributed by atoms with Crippen LogP contribution in [0.3, 0.4) is 0 Å². The second kappa shape index (κ2) is 9.53. The van der Waals surface area contributed by atoms with Crippen molar-refractivity contribution >= 4 is 29.9 Å². The van der Waals surface area contributed by atoms with E-state index in [1.54, 1.807) is 6.20 Å². The largest absolute Gasteiger partial charge is 0.370 e. The van der Waals surface area contributed by atoms with Crippen molar-refractivity contribution in [1.82, 2.24) is 10.3 Å². The van der Waals surface area contributed by atoms with Crippen LogP contribution in [0.4, 0.5) is 0 Å². The maximum atomic E-state index is 6.09. The van der Waals surface area contributed by atoms with E-state index in [9.17, 15) is 0 Å². The number of ether oxygens (including phenoxy) is 2. The Hall–Kier alpha value is -0.930. The lowest BCUT2D eigenvalue weighted by Gasteiger charge is -2.31. The molecule has 2 fully saturated rings. The summed E-state index contributed by atoms with van der Waals surface area (Å²) in [5, 5.41) is 3.12. The van der Waals surface area contributed by atoms with E-state index < -0.39 is 0 Å². The van der Waals surface area contributed by atoms with Crippen molar-refractivity contribution in [2.24, 2.45) is 10.7 Å². The Morgan fingerprint density at radius 1 is 1.33 bits per heavy atom. The highest BCUT2D eigenvalue weighted by Gasteiger charge is 2.41. The Labute approximate surface area is 160 Å². The molecule has 0 bridgehead atoms. The Balaban J connectivity index is 0.00000208. The number of nitrogens with zero attached hydrogens (tertiary/aromatic N) is 2. The van der Waals surface area contributed by atoms with Crippen molar-refractivity contribution in [3.63, 3.8) is 0 Å². The molecule has 7 heteroatoms. The summed E-state index contributed by atoms with van der Waals surface area (Å²) in [4.78, 5) is 8.65. The summed E-state index contributed by atoms with van der Waals surface area (Å²) in [6.07, 6.45) is 8.30. The maximum absolute atomic E-state index is 6.09. The van der Waals surface area contributed by atoms with Crippen molar-refractivity contribution in [3.8, 4) is 0 Å². The first-order valence-electron chi connectivity index (χ1n) is 8.51. The van der Waals surface area contributed by atoms with Gasteiger partial charge >= 0.3 is 0 Å². The quantitative estimate of drug-likeness (QED) is 0.412. The summed E-state index contributed by atoms with van der Waals surface area (Å²) in [6.45, 7) is 1.88. The molecular weight excluding hydrogens is 419 g/mol. The number of aliphatic imine (C=N–C) groups is 1. The van der Waals surface area contributed by atoms with Crippen molar-refractivity contribution < 1.29 is 9.47 Å². The van der Waals surface area contributed by atoms with Gasteiger partial charge < -0.3 is 20.5 Å².